The number of hydrogen-bond acceptors (Lipinski definition) is 2. The highest BCUT2D eigenvalue weighted by Crippen LogP contribution is 2.51. The van der Waals surface area contributed by atoms with Crippen molar-refractivity contribution >= 4 is 23.4 Å². The zero-order valence-electron chi connectivity index (χ0n) is 16.3. The molecule has 3 aliphatic carbocycles. The minimum atomic E-state index is -0.00487. The molecule has 3 fully saturated rings. The number of nitrogens with one attached hydrogen (secondary N) is 1. The lowest BCUT2D eigenvalue weighted by molar-refractivity contribution is -0.133. The Morgan fingerprint density at radius 1 is 1.00 bits per heavy atom. The Hall–Kier alpha value is -2.33. The van der Waals surface area contributed by atoms with Gasteiger partial charge in [-0.05, 0) is 67.3 Å². The second kappa shape index (κ2) is 7.49. The first kappa shape index (κ1) is 18.7. The van der Waals surface area contributed by atoms with E-state index in [0.717, 1.165) is 48.3 Å². The van der Waals surface area contributed by atoms with Gasteiger partial charge in [-0.3, -0.25) is 9.59 Å². The summed E-state index contributed by atoms with van der Waals surface area (Å²) in [6.45, 7) is 0.611. The van der Waals surface area contributed by atoms with Crippen LogP contribution in [0, 0.1) is 5.92 Å². The fourth-order valence-corrected chi connectivity index (χ4v) is 4.30. The van der Waals surface area contributed by atoms with Crippen molar-refractivity contribution in [2.45, 2.75) is 56.7 Å². The number of rotatable bonds is 7. The van der Waals surface area contributed by atoms with Gasteiger partial charge in [0.25, 0.3) is 5.91 Å². The summed E-state index contributed by atoms with van der Waals surface area (Å²) in [4.78, 5) is 27.4. The lowest BCUT2D eigenvalue weighted by Crippen LogP contribution is -2.34. The van der Waals surface area contributed by atoms with Crippen molar-refractivity contribution in [1.29, 1.82) is 0 Å². The van der Waals surface area contributed by atoms with E-state index in [1.54, 1.807) is 0 Å². The average molecular weight is 409 g/mol. The molecule has 0 radical (unpaired) electrons. The zero-order valence-corrected chi connectivity index (χ0v) is 17.1. The molecule has 0 aliphatic heterocycles. The molecule has 2 amide bonds. The summed E-state index contributed by atoms with van der Waals surface area (Å²) in [7, 11) is 0. The molecule has 0 aromatic heterocycles. The van der Waals surface area contributed by atoms with Gasteiger partial charge in [0.15, 0.2) is 0 Å². The minimum Gasteiger partial charge on any atom is -0.349 e. The molecule has 0 heterocycles. The van der Waals surface area contributed by atoms with Gasteiger partial charge in [-0.1, -0.05) is 41.9 Å². The van der Waals surface area contributed by atoms with Gasteiger partial charge in [-0.15, -0.1) is 0 Å². The first-order valence-corrected chi connectivity index (χ1v) is 10.9. The molecule has 5 heteroatoms. The summed E-state index contributed by atoms with van der Waals surface area (Å²) in [6, 6.07) is 16.2. The van der Waals surface area contributed by atoms with Crippen molar-refractivity contribution in [1.82, 2.24) is 10.2 Å². The second-order valence-corrected chi connectivity index (χ2v) is 9.02. The average Bonchev–Trinajstić information content (AvgIpc) is 3.58. The molecule has 0 spiro atoms. The number of hydrogen-bond donors (Lipinski definition) is 1. The maximum Gasteiger partial charge on any atom is 0.251 e. The Morgan fingerprint density at radius 3 is 2.38 bits per heavy atom. The number of carbonyl (C=O) groups excluding carboxylic acids is 2. The number of carbonyl (C=O) groups is 2. The normalized spacial score (nSPS) is 22.8. The van der Waals surface area contributed by atoms with E-state index in [1.165, 1.54) is 0 Å². The molecule has 2 aromatic rings. The molecule has 5 rings (SSSR count). The lowest BCUT2D eigenvalue weighted by Gasteiger charge is -2.23. The predicted octanol–water partition coefficient (Wildman–Crippen LogP) is 4.53. The molecule has 0 bridgehead atoms. The smallest absolute Gasteiger partial charge is 0.251 e. The largest absolute Gasteiger partial charge is 0.349 e. The predicted molar refractivity (Wildman–Crippen MR) is 113 cm³/mol. The van der Waals surface area contributed by atoms with Gasteiger partial charge in [0.05, 0.1) is 0 Å². The van der Waals surface area contributed by atoms with E-state index < -0.39 is 0 Å². The van der Waals surface area contributed by atoms with Gasteiger partial charge in [0.2, 0.25) is 5.91 Å². The first-order chi connectivity index (χ1) is 14.1. The molecule has 2 unspecified atom stereocenters. The minimum absolute atomic E-state index is 0.00487. The third-order valence-corrected chi connectivity index (χ3v) is 6.51. The lowest BCUT2D eigenvalue weighted by atomic mass is 10.1. The van der Waals surface area contributed by atoms with E-state index in [4.69, 9.17) is 11.6 Å². The fourth-order valence-electron chi connectivity index (χ4n) is 4.03. The molecule has 0 saturated heterocycles. The summed E-state index contributed by atoms with van der Waals surface area (Å²) in [6.07, 6.45) is 5.21. The van der Waals surface area contributed by atoms with E-state index in [-0.39, 0.29) is 23.7 Å². The summed E-state index contributed by atoms with van der Waals surface area (Å²) in [5.41, 5.74) is 2.85. The van der Waals surface area contributed by atoms with Gasteiger partial charge >= 0.3 is 0 Å². The Morgan fingerprint density at radius 2 is 1.72 bits per heavy atom. The molecule has 150 valence electrons. The summed E-state index contributed by atoms with van der Waals surface area (Å²) in [5, 5.41) is 3.77. The van der Waals surface area contributed by atoms with Crippen LogP contribution in [0.3, 0.4) is 0 Å². The van der Waals surface area contributed by atoms with Crippen LogP contribution in [0.15, 0.2) is 48.5 Å². The van der Waals surface area contributed by atoms with Gasteiger partial charge in [-0.2, -0.15) is 0 Å². The Kier molecular flexibility index (Phi) is 4.83. The molecule has 3 aliphatic rings. The van der Waals surface area contributed by atoms with Gasteiger partial charge in [0.1, 0.15) is 0 Å². The summed E-state index contributed by atoms with van der Waals surface area (Å²) >= 11 is 6.33. The Balaban J connectivity index is 1.24. The fraction of sp³-hybridized carbons (Fsp3) is 0.417. The van der Waals surface area contributed by atoms with Crippen LogP contribution in [0.5, 0.6) is 0 Å². The van der Waals surface area contributed by atoms with Crippen LogP contribution in [0.25, 0.3) is 0 Å². The third-order valence-electron chi connectivity index (χ3n) is 6.16. The standard InChI is InChI=1S/C24H25ClN2O2/c25-22-4-2-1-3-19(22)20-13-21(20)24(29)27(18-11-12-18)14-15-5-7-16(8-6-15)23(28)26-17-9-10-17/h1-8,17-18,20-21H,9-14H2,(H,26,28). The molecular weight excluding hydrogens is 384 g/mol. The van der Waals surface area contributed by atoms with Crippen LogP contribution in [-0.4, -0.2) is 28.8 Å². The highest BCUT2D eigenvalue weighted by atomic mass is 35.5. The molecule has 4 nitrogen and oxygen atoms in total. The van der Waals surface area contributed by atoms with Crippen molar-refractivity contribution in [2.24, 2.45) is 5.92 Å². The molecule has 3 saturated carbocycles. The topological polar surface area (TPSA) is 49.4 Å². The van der Waals surface area contributed by atoms with Gasteiger partial charge < -0.3 is 10.2 Å². The second-order valence-electron chi connectivity index (χ2n) is 8.61. The quantitative estimate of drug-likeness (QED) is 0.731. The van der Waals surface area contributed by atoms with E-state index >= 15 is 0 Å². The molecule has 2 atom stereocenters. The van der Waals surface area contributed by atoms with Gasteiger partial charge in [-0.25, -0.2) is 0 Å². The SMILES string of the molecule is O=C(NC1CC1)c1ccc(CN(C(=O)C2CC2c2ccccc2Cl)C2CC2)cc1. The third kappa shape index (κ3) is 4.18. The first-order valence-electron chi connectivity index (χ1n) is 10.5. The van der Waals surface area contributed by atoms with Crippen molar-refractivity contribution < 1.29 is 9.59 Å². The molecule has 29 heavy (non-hydrogen) atoms. The summed E-state index contributed by atoms with van der Waals surface area (Å²) in [5.74, 6) is 0.521. The summed E-state index contributed by atoms with van der Waals surface area (Å²) < 4.78 is 0. The maximum absolute atomic E-state index is 13.2. The van der Waals surface area contributed by atoms with E-state index in [0.29, 0.717) is 24.2 Å². The van der Waals surface area contributed by atoms with Crippen LogP contribution >= 0.6 is 11.6 Å². The van der Waals surface area contributed by atoms with Gasteiger partial charge in [0, 0.05) is 35.1 Å². The number of amides is 2. The van der Waals surface area contributed by atoms with Crippen LogP contribution < -0.4 is 5.32 Å². The molecule has 1 N–H and O–H groups in total. The monoisotopic (exact) mass is 408 g/mol. The van der Waals surface area contributed by atoms with Crippen LogP contribution in [0.1, 0.15) is 59.5 Å². The highest BCUT2D eigenvalue weighted by Gasteiger charge is 2.48. The zero-order chi connectivity index (χ0) is 20.0. The molecular formula is C24H25ClN2O2. The van der Waals surface area contributed by atoms with Crippen LogP contribution in [0.2, 0.25) is 5.02 Å². The number of benzene rings is 2. The Bertz CT molecular complexity index is 934. The Labute approximate surface area is 176 Å². The van der Waals surface area contributed by atoms with Crippen molar-refractivity contribution in [2.75, 3.05) is 0 Å². The van der Waals surface area contributed by atoms with E-state index in [9.17, 15) is 9.59 Å². The van der Waals surface area contributed by atoms with Crippen LogP contribution in [0.4, 0.5) is 0 Å². The number of halogens is 1. The van der Waals surface area contributed by atoms with E-state index in [1.807, 2.05) is 53.4 Å². The van der Waals surface area contributed by atoms with Crippen molar-refractivity contribution in [3.63, 3.8) is 0 Å². The maximum atomic E-state index is 13.2. The van der Waals surface area contributed by atoms with Crippen molar-refractivity contribution in [3.8, 4) is 0 Å². The van der Waals surface area contributed by atoms with E-state index in [2.05, 4.69) is 5.32 Å². The molecule has 2 aromatic carbocycles. The van der Waals surface area contributed by atoms with Crippen LogP contribution in [-0.2, 0) is 11.3 Å². The highest BCUT2D eigenvalue weighted by molar-refractivity contribution is 6.31. The number of nitrogens with zero attached hydrogens (tertiary/aromatic N) is 1. The van der Waals surface area contributed by atoms with Crippen molar-refractivity contribution in [3.05, 3.63) is 70.2 Å².